The highest BCUT2D eigenvalue weighted by molar-refractivity contribution is 14.1. The molecule has 0 aliphatic carbocycles. The third kappa shape index (κ3) is 3.72. The molecule has 0 aliphatic heterocycles. The Labute approximate surface area is 163 Å². The highest BCUT2D eigenvalue weighted by Gasteiger charge is 2.62. The first-order valence-corrected chi connectivity index (χ1v) is 11.2. The lowest BCUT2D eigenvalue weighted by atomic mass is 9.69. The molecule has 0 aliphatic rings. The zero-order valence-electron chi connectivity index (χ0n) is 14.1. The first-order chi connectivity index (χ1) is 8.25. The van der Waals surface area contributed by atoms with E-state index < -0.39 is 0 Å². The third-order valence-corrected chi connectivity index (χ3v) is 16.7. The molecule has 0 amide bonds. The maximum absolute atomic E-state index is 3.18. The largest absolute Gasteiger partial charge is 0.130 e. The SMILES string of the molecule is CC(C)(P)C(C)(I)C(C)(P)C(C)(P)C(C)(I)C(C)(C)P. The quantitative estimate of drug-likeness (QED) is 0.215. The van der Waals surface area contributed by atoms with Gasteiger partial charge in [0.25, 0.3) is 0 Å². The molecule has 0 heterocycles. The zero-order valence-corrected chi connectivity index (χ0v) is 23.0. The van der Waals surface area contributed by atoms with Crippen LogP contribution in [0.1, 0.15) is 55.4 Å². The van der Waals surface area contributed by atoms with Gasteiger partial charge < -0.3 is 0 Å². The van der Waals surface area contributed by atoms with E-state index in [1.165, 1.54) is 0 Å². The molecule has 0 fully saturated rings. The van der Waals surface area contributed by atoms with E-state index in [4.69, 9.17) is 0 Å². The predicted molar refractivity (Wildman–Crippen MR) is 129 cm³/mol. The van der Waals surface area contributed by atoms with Crippen molar-refractivity contribution in [2.45, 2.75) is 82.9 Å². The smallest absolute Gasteiger partial charge is 0.0375 e. The van der Waals surface area contributed by atoms with Gasteiger partial charge in [0, 0.05) is 17.2 Å². The molecule has 0 saturated heterocycles. The lowest BCUT2D eigenvalue weighted by molar-refractivity contribution is 0.292. The summed E-state index contributed by atoms with van der Waals surface area (Å²) in [5.41, 5.74) is 0. The Morgan fingerprint density at radius 3 is 0.750 bits per heavy atom. The van der Waals surface area contributed by atoms with Gasteiger partial charge in [-0.05, 0) is 24.2 Å². The highest BCUT2D eigenvalue weighted by Crippen LogP contribution is 2.64. The van der Waals surface area contributed by atoms with Crippen LogP contribution in [0, 0.1) is 0 Å². The summed E-state index contributed by atoms with van der Waals surface area (Å²) >= 11 is 5.31. The minimum Gasteiger partial charge on any atom is -0.130 e. The summed E-state index contributed by atoms with van der Waals surface area (Å²) in [7, 11) is 12.4. The molecular formula is C14H32I2P4. The molecule has 0 rings (SSSR count). The van der Waals surface area contributed by atoms with Gasteiger partial charge >= 0.3 is 0 Å². The van der Waals surface area contributed by atoms with Gasteiger partial charge in [0.1, 0.15) is 0 Å². The fourth-order valence-corrected chi connectivity index (χ4v) is 6.28. The molecule has 0 saturated carbocycles. The number of rotatable bonds is 5. The zero-order chi connectivity index (χ0) is 17.0. The van der Waals surface area contributed by atoms with Gasteiger partial charge in [-0.2, -0.15) is 0 Å². The first kappa shape index (κ1) is 23.2. The number of hydrogen-bond acceptors (Lipinski definition) is 0. The van der Waals surface area contributed by atoms with E-state index in [2.05, 4.69) is 138 Å². The van der Waals surface area contributed by atoms with E-state index in [-0.39, 0.29) is 27.5 Å². The van der Waals surface area contributed by atoms with Crippen LogP contribution in [-0.2, 0) is 0 Å². The summed E-state index contributed by atoms with van der Waals surface area (Å²) in [6, 6.07) is 0. The van der Waals surface area contributed by atoms with E-state index in [9.17, 15) is 0 Å². The number of hydrogen-bond donors (Lipinski definition) is 0. The summed E-state index contributed by atoms with van der Waals surface area (Å²) in [6.07, 6.45) is 0. The molecule has 0 aromatic heterocycles. The van der Waals surface area contributed by atoms with Gasteiger partial charge in [-0.25, -0.2) is 0 Å². The Morgan fingerprint density at radius 2 is 0.650 bits per heavy atom. The van der Waals surface area contributed by atoms with E-state index >= 15 is 0 Å². The van der Waals surface area contributed by atoms with E-state index in [1.807, 2.05) is 0 Å². The van der Waals surface area contributed by atoms with Crippen LogP contribution in [0.4, 0.5) is 0 Å². The molecule has 6 heteroatoms. The molecule has 8 unspecified atom stereocenters. The van der Waals surface area contributed by atoms with Crippen LogP contribution in [0.15, 0.2) is 0 Å². The van der Waals surface area contributed by atoms with Gasteiger partial charge in [-0.15, -0.1) is 37.0 Å². The molecule has 122 valence electrons. The van der Waals surface area contributed by atoms with Crippen molar-refractivity contribution >= 4 is 82.1 Å². The maximum Gasteiger partial charge on any atom is 0.0375 e. The molecule has 20 heavy (non-hydrogen) atoms. The van der Waals surface area contributed by atoms with Gasteiger partial charge in [-0.3, -0.25) is 0 Å². The first-order valence-electron chi connectivity index (χ1n) is 6.78. The summed E-state index contributed by atoms with van der Waals surface area (Å²) < 4.78 is 0.206. The standard InChI is InChI=1S/C14H32I2P4/c1-9(2,17)11(5,15)13(7,19)14(8,20)12(6,16)10(3,4)18/h17-20H2,1-8H3. The van der Waals surface area contributed by atoms with Crippen molar-refractivity contribution in [2.75, 3.05) is 0 Å². The normalized spacial score (nSPS) is 26.1. The average molecular weight is 578 g/mol. The van der Waals surface area contributed by atoms with E-state index in [0.717, 1.165) is 0 Å². The van der Waals surface area contributed by atoms with Gasteiger partial charge in [0.05, 0.1) is 0 Å². The van der Waals surface area contributed by atoms with Crippen molar-refractivity contribution in [1.82, 2.24) is 0 Å². The van der Waals surface area contributed by atoms with Crippen molar-refractivity contribution in [2.24, 2.45) is 0 Å². The van der Waals surface area contributed by atoms with E-state index in [1.54, 1.807) is 0 Å². The molecule has 0 radical (unpaired) electrons. The summed E-state index contributed by atoms with van der Waals surface area (Å²) in [5.74, 6) is 0. The predicted octanol–water partition coefficient (Wildman–Crippen LogP) is 5.95. The number of alkyl halides is 2. The van der Waals surface area contributed by atoms with Crippen molar-refractivity contribution in [3.8, 4) is 0 Å². The fourth-order valence-electron chi connectivity index (χ4n) is 2.31. The fraction of sp³-hybridized carbons (Fsp3) is 1.00. The van der Waals surface area contributed by atoms with Crippen LogP contribution >= 0.6 is 82.1 Å². The summed E-state index contributed by atoms with van der Waals surface area (Å²) in [5, 5.41) is 0.361. The molecule has 8 atom stereocenters. The van der Waals surface area contributed by atoms with E-state index in [0.29, 0.717) is 0 Å². The lowest BCUT2D eigenvalue weighted by Gasteiger charge is -2.62. The lowest BCUT2D eigenvalue weighted by Crippen LogP contribution is -2.69. The molecule has 0 aromatic carbocycles. The highest BCUT2D eigenvalue weighted by atomic mass is 127. The molecule has 0 bridgehead atoms. The molecule has 0 aromatic rings. The molecule has 0 nitrogen and oxygen atoms in total. The molecule has 0 spiro atoms. The Bertz CT molecular complexity index is 324. The van der Waals surface area contributed by atoms with Gasteiger partial charge in [-0.1, -0.05) is 86.7 Å². The minimum absolute atomic E-state index is 0.0419. The third-order valence-electron chi connectivity index (χ3n) is 5.45. The summed E-state index contributed by atoms with van der Waals surface area (Å²) in [6.45, 7) is 18.8. The van der Waals surface area contributed by atoms with Crippen LogP contribution in [0.2, 0.25) is 0 Å². The Morgan fingerprint density at radius 1 is 0.500 bits per heavy atom. The summed E-state index contributed by atoms with van der Waals surface area (Å²) in [4.78, 5) is 0. The Hall–Kier alpha value is 3.18. The Kier molecular flexibility index (Phi) is 7.51. The van der Waals surface area contributed by atoms with Crippen LogP contribution in [-0.4, -0.2) is 27.5 Å². The van der Waals surface area contributed by atoms with Crippen LogP contribution < -0.4 is 0 Å². The topological polar surface area (TPSA) is 0 Å². The molecule has 0 N–H and O–H groups in total. The van der Waals surface area contributed by atoms with Crippen LogP contribution in [0.5, 0.6) is 0 Å². The van der Waals surface area contributed by atoms with Gasteiger partial charge in [0.15, 0.2) is 0 Å². The average Bonchev–Trinajstić information content (AvgIpc) is 2.12. The Balaban J connectivity index is 6.08. The minimum atomic E-state index is 0.0419. The second kappa shape index (κ2) is 6.48. The second-order valence-electron chi connectivity index (χ2n) is 7.85. The van der Waals surface area contributed by atoms with Crippen molar-refractivity contribution in [3.63, 3.8) is 0 Å². The van der Waals surface area contributed by atoms with Crippen LogP contribution in [0.3, 0.4) is 0 Å². The van der Waals surface area contributed by atoms with Gasteiger partial charge in [0.2, 0.25) is 0 Å². The maximum atomic E-state index is 3.18. The second-order valence-corrected chi connectivity index (χ2v) is 17.4. The van der Waals surface area contributed by atoms with Crippen molar-refractivity contribution in [1.29, 1.82) is 0 Å². The molecular weight excluding hydrogens is 546 g/mol. The van der Waals surface area contributed by atoms with Crippen LogP contribution in [0.25, 0.3) is 0 Å². The monoisotopic (exact) mass is 578 g/mol. The number of halogens is 2. The van der Waals surface area contributed by atoms with Crippen molar-refractivity contribution in [3.05, 3.63) is 0 Å². The van der Waals surface area contributed by atoms with Crippen molar-refractivity contribution < 1.29 is 0 Å².